The van der Waals surface area contributed by atoms with Gasteiger partial charge in [0.15, 0.2) is 5.82 Å². The third-order valence-electron chi connectivity index (χ3n) is 3.19. The van der Waals surface area contributed by atoms with Crippen LogP contribution < -0.4 is 0 Å². The summed E-state index contributed by atoms with van der Waals surface area (Å²) in [5, 5.41) is 4.52. The Balaban J connectivity index is 1.81. The van der Waals surface area contributed by atoms with Crippen LogP contribution in [0, 0.1) is 0 Å². The highest BCUT2D eigenvalue weighted by molar-refractivity contribution is 5.33. The molecule has 0 bridgehead atoms. The maximum Gasteiger partial charge on any atom is 0.154 e. The highest BCUT2D eigenvalue weighted by Crippen LogP contribution is 2.37. The SMILES string of the molecule is CCCc1ccc(-n2cnc(C3CC3)n2)cc1. The van der Waals surface area contributed by atoms with Gasteiger partial charge in [-0.3, -0.25) is 0 Å². The maximum absolute atomic E-state index is 4.52. The van der Waals surface area contributed by atoms with Gasteiger partial charge in [0.25, 0.3) is 0 Å². The van der Waals surface area contributed by atoms with E-state index in [1.54, 1.807) is 0 Å². The van der Waals surface area contributed by atoms with E-state index in [1.807, 2.05) is 11.0 Å². The highest BCUT2D eigenvalue weighted by Gasteiger charge is 2.27. The van der Waals surface area contributed by atoms with Gasteiger partial charge in [-0.05, 0) is 37.0 Å². The summed E-state index contributed by atoms with van der Waals surface area (Å²) in [5.74, 6) is 1.62. The first-order valence-electron chi connectivity index (χ1n) is 6.37. The first-order valence-corrected chi connectivity index (χ1v) is 6.37. The van der Waals surface area contributed by atoms with Crippen LogP contribution in [0.2, 0.25) is 0 Å². The van der Waals surface area contributed by atoms with Crippen LogP contribution >= 0.6 is 0 Å². The van der Waals surface area contributed by atoms with Crippen LogP contribution in [0.15, 0.2) is 30.6 Å². The minimum absolute atomic E-state index is 0.621. The number of nitrogens with zero attached hydrogens (tertiary/aromatic N) is 3. The number of benzene rings is 1. The summed E-state index contributed by atoms with van der Waals surface area (Å²) >= 11 is 0. The second kappa shape index (κ2) is 4.32. The van der Waals surface area contributed by atoms with E-state index in [9.17, 15) is 0 Å². The molecule has 88 valence electrons. The topological polar surface area (TPSA) is 30.7 Å². The highest BCUT2D eigenvalue weighted by atomic mass is 15.3. The first-order chi connectivity index (χ1) is 8.36. The average Bonchev–Trinajstić information content (AvgIpc) is 3.09. The van der Waals surface area contributed by atoms with Crippen molar-refractivity contribution in [1.82, 2.24) is 14.8 Å². The predicted molar refractivity (Wildman–Crippen MR) is 67.3 cm³/mol. The molecule has 0 saturated heterocycles. The quantitative estimate of drug-likeness (QED) is 0.803. The van der Waals surface area contributed by atoms with E-state index in [-0.39, 0.29) is 0 Å². The van der Waals surface area contributed by atoms with Crippen LogP contribution in [0.3, 0.4) is 0 Å². The Hall–Kier alpha value is -1.64. The van der Waals surface area contributed by atoms with Gasteiger partial charge in [-0.1, -0.05) is 25.5 Å². The molecule has 1 saturated carbocycles. The molecule has 0 unspecified atom stereocenters. The molecule has 1 fully saturated rings. The minimum atomic E-state index is 0.621. The van der Waals surface area contributed by atoms with Crippen LogP contribution in [-0.2, 0) is 6.42 Å². The largest absolute Gasteiger partial charge is 0.221 e. The van der Waals surface area contributed by atoms with Gasteiger partial charge < -0.3 is 0 Å². The van der Waals surface area contributed by atoms with Crippen LogP contribution in [0.4, 0.5) is 0 Å². The van der Waals surface area contributed by atoms with Gasteiger partial charge >= 0.3 is 0 Å². The van der Waals surface area contributed by atoms with Gasteiger partial charge in [0.1, 0.15) is 6.33 Å². The average molecular weight is 227 g/mol. The van der Waals surface area contributed by atoms with Gasteiger partial charge in [-0.25, -0.2) is 9.67 Å². The molecule has 1 aliphatic rings. The number of hydrogen-bond acceptors (Lipinski definition) is 2. The van der Waals surface area contributed by atoms with Crippen LogP contribution in [0.1, 0.15) is 43.5 Å². The summed E-state index contributed by atoms with van der Waals surface area (Å²) in [6.07, 6.45) is 6.65. The van der Waals surface area contributed by atoms with E-state index in [4.69, 9.17) is 0 Å². The third-order valence-corrected chi connectivity index (χ3v) is 3.19. The van der Waals surface area contributed by atoms with Crippen LogP contribution in [0.5, 0.6) is 0 Å². The zero-order valence-corrected chi connectivity index (χ0v) is 10.1. The molecule has 0 amide bonds. The normalized spacial score (nSPS) is 15.1. The Morgan fingerprint density at radius 1 is 1.24 bits per heavy atom. The molecular formula is C14H17N3. The van der Waals surface area contributed by atoms with Crippen molar-refractivity contribution in [2.45, 2.75) is 38.5 Å². The van der Waals surface area contributed by atoms with E-state index in [0.29, 0.717) is 5.92 Å². The van der Waals surface area contributed by atoms with Gasteiger partial charge in [0.05, 0.1) is 5.69 Å². The Kier molecular flexibility index (Phi) is 2.67. The molecule has 1 aromatic heterocycles. The fraction of sp³-hybridized carbons (Fsp3) is 0.429. The summed E-state index contributed by atoms with van der Waals surface area (Å²) in [7, 11) is 0. The van der Waals surface area contributed by atoms with Gasteiger partial charge in [0.2, 0.25) is 0 Å². The zero-order valence-electron chi connectivity index (χ0n) is 10.1. The van der Waals surface area contributed by atoms with E-state index in [0.717, 1.165) is 17.9 Å². The standard InChI is InChI=1S/C14H17N3/c1-2-3-11-4-8-13(9-5-11)17-10-15-14(16-17)12-6-7-12/h4-5,8-10,12H,2-3,6-7H2,1H3. The first kappa shape index (κ1) is 10.5. The van der Waals surface area contributed by atoms with Crippen molar-refractivity contribution in [3.05, 3.63) is 42.0 Å². The van der Waals surface area contributed by atoms with Crippen molar-refractivity contribution in [2.24, 2.45) is 0 Å². The lowest BCUT2D eigenvalue weighted by molar-refractivity contribution is 0.833. The predicted octanol–water partition coefficient (Wildman–Crippen LogP) is 3.10. The number of aryl methyl sites for hydroxylation is 1. The summed E-state index contributed by atoms with van der Waals surface area (Å²) in [5.41, 5.74) is 2.49. The minimum Gasteiger partial charge on any atom is -0.221 e. The molecule has 0 radical (unpaired) electrons. The molecule has 2 aromatic rings. The number of hydrogen-bond donors (Lipinski definition) is 0. The molecule has 0 aliphatic heterocycles. The van der Waals surface area contributed by atoms with E-state index < -0.39 is 0 Å². The summed E-state index contributed by atoms with van der Waals surface area (Å²) in [6.45, 7) is 2.20. The van der Waals surface area contributed by atoms with Crippen molar-refractivity contribution in [3.63, 3.8) is 0 Å². The molecule has 1 aromatic carbocycles. The van der Waals surface area contributed by atoms with E-state index in [2.05, 4.69) is 41.3 Å². The van der Waals surface area contributed by atoms with Gasteiger partial charge in [0, 0.05) is 5.92 Å². The summed E-state index contributed by atoms with van der Waals surface area (Å²) in [6, 6.07) is 8.60. The van der Waals surface area contributed by atoms with Crippen molar-refractivity contribution in [2.75, 3.05) is 0 Å². The maximum atomic E-state index is 4.52. The van der Waals surface area contributed by atoms with Gasteiger partial charge in [-0.2, -0.15) is 5.10 Å². The number of aromatic nitrogens is 3. The van der Waals surface area contributed by atoms with Crippen LogP contribution in [-0.4, -0.2) is 14.8 Å². The lowest BCUT2D eigenvalue weighted by Crippen LogP contribution is -1.96. The van der Waals surface area contributed by atoms with Crippen molar-refractivity contribution in [3.8, 4) is 5.69 Å². The smallest absolute Gasteiger partial charge is 0.154 e. The molecule has 3 nitrogen and oxygen atoms in total. The molecule has 1 heterocycles. The molecule has 0 spiro atoms. The zero-order chi connectivity index (χ0) is 11.7. The summed E-state index contributed by atoms with van der Waals surface area (Å²) < 4.78 is 1.88. The molecule has 17 heavy (non-hydrogen) atoms. The second-order valence-corrected chi connectivity index (χ2v) is 4.74. The van der Waals surface area contributed by atoms with Crippen molar-refractivity contribution < 1.29 is 0 Å². The van der Waals surface area contributed by atoms with E-state index in [1.165, 1.54) is 24.8 Å². The second-order valence-electron chi connectivity index (χ2n) is 4.74. The van der Waals surface area contributed by atoms with E-state index >= 15 is 0 Å². The lowest BCUT2D eigenvalue weighted by atomic mass is 10.1. The lowest BCUT2D eigenvalue weighted by Gasteiger charge is -2.02. The number of rotatable bonds is 4. The van der Waals surface area contributed by atoms with Crippen molar-refractivity contribution >= 4 is 0 Å². The fourth-order valence-corrected chi connectivity index (χ4v) is 2.03. The Labute approximate surface area is 101 Å². The fourth-order valence-electron chi connectivity index (χ4n) is 2.03. The Morgan fingerprint density at radius 2 is 2.00 bits per heavy atom. The molecule has 3 rings (SSSR count). The molecule has 3 heteroatoms. The third kappa shape index (κ3) is 2.23. The van der Waals surface area contributed by atoms with Gasteiger partial charge in [-0.15, -0.1) is 0 Å². The van der Waals surface area contributed by atoms with Crippen LogP contribution in [0.25, 0.3) is 5.69 Å². The Morgan fingerprint density at radius 3 is 2.65 bits per heavy atom. The molecule has 1 aliphatic carbocycles. The molecule has 0 atom stereocenters. The molecule has 0 N–H and O–H groups in total. The summed E-state index contributed by atoms with van der Waals surface area (Å²) in [4.78, 5) is 4.37. The monoisotopic (exact) mass is 227 g/mol. The van der Waals surface area contributed by atoms with Crippen molar-refractivity contribution in [1.29, 1.82) is 0 Å². The Bertz CT molecular complexity index is 494. The molecular weight excluding hydrogens is 210 g/mol.